The van der Waals surface area contributed by atoms with E-state index in [2.05, 4.69) is 9.80 Å². The first-order chi connectivity index (χ1) is 19.6. The highest BCUT2D eigenvalue weighted by Gasteiger charge is 2.49. The Morgan fingerprint density at radius 2 is 2.00 bits per heavy atom. The predicted molar refractivity (Wildman–Crippen MR) is 149 cm³/mol. The number of nitrogens with zero attached hydrogens (tertiary/aromatic N) is 5. The van der Waals surface area contributed by atoms with Crippen molar-refractivity contribution in [3.63, 3.8) is 0 Å². The van der Waals surface area contributed by atoms with E-state index in [0.29, 0.717) is 74.2 Å². The summed E-state index contributed by atoms with van der Waals surface area (Å²) in [6, 6.07) is 11.9. The lowest BCUT2D eigenvalue weighted by Gasteiger charge is -2.31. The summed E-state index contributed by atoms with van der Waals surface area (Å²) in [7, 11) is 0. The van der Waals surface area contributed by atoms with Gasteiger partial charge in [-0.2, -0.15) is 9.97 Å². The van der Waals surface area contributed by atoms with Crippen LogP contribution < -0.4 is 14.5 Å². The highest BCUT2D eigenvalue weighted by atomic mass is 19.1. The van der Waals surface area contributed by atoms with Crippen molar-refractivity contribution in [1.82, 2.24) is 14.9 Å². The molecule has 4 aliphatic heterocycles. The van der Waals surface area contributed by atoms with Gasteiger partial charge in [-0.25, -0.2) is 4.39 Å². The molecule has 1 N–H and O–H groups in total. The number of rotatable bonds is 6. The van der Waals surface area contributed by atoms with Gasteiger partial charge in [0.1, 0.15) is 24.2 Å². The van der Waals surface area contributed by atoms with Crippen LogP contribution in [0, 0.1) is 0 Å². The van der Waals surface area contributed by atoms with Crippen molar-refractivity contribution in [2.24, 2.45) is 0 Å². The van der Waals surface area contributed by atoms with Gasteiger partial charge < -0.3 is 24.4 Å². The Balaban J connectivity index is 1.27. The van der Waals surface area contributed by atoms with E-state index in [4.69, 9.17) is 19.4 Å². The van der Waals surface area contributed by atoms with Crippen molar-refractivity contribution in [1.29, 1.82) is 0 Å². The summed E-state index contributed by atoms with van der Waals surface area (Å²) in [4.78, 5) is 29.7. The second kappa shape index (κ2) is 10.2. The Labute approximate surface area is 232 Å². The smallest absolute Gasteiger partial charge is 0.318 e. The summed E-state index contributed by atoms with van der Waals surface area (Å²) in [5.41, 5.74) is 2.12. The molecule has 10 heteroatoms. The van der Waals surface area contributed by atoms with E-state index in [9.17, 15) is 14.3 Å². The van der Waals surface area contributed by atoms with Crippen LogP contribution >= 0.6 is 0 Å². The molecule has 0 aliphatic carbocycles. The normalized spacial score (nSPS) is 24.9. The van der Waals surface area contributed by atoms with E-state index < -0.39 is 6.17 Å². The number of fused-ring (bicyclic) bond motifs is 3. The average Bonchev–Trinajstić information content (AvgIpc) is 3.50. The number of anilines is 2. The SMILES string of the molecule is O=C1c2c(nc(OC[C@@]34CCCN3C[C@H](F)C4)nc2N2CCCOCC2)CN1c1c(CO)ccc2ccccc12. The van der Waals surface area contributed by atoms with E-state index >= 15 is 0 Å². The summed E-state index contributed by atoms with van der Waals surface area (Å²) >= 11 is 0. The van der Waals surface area contributed by atoms with Crippen LogP contribution in [-0.4, -0.2) is 83.6 Å². The number of hydrogen-bond acceptors (Lipinski definition) is 8. The quantitative estimate of drug-likeness (QED) is 0.502. The van der Waals surface area contributed by atoms with Gasteiger partial charge in [0.15, 0.2) is 0 Å². The molecule has 5 heterocycles. The van der Waals surface area contributed by atoms with E-state index in [0.717, 1.165) is 36.6 Å². The molecule has 4 aliphatic rings. The van der Waals surface area contributed by atoms with Gasteiger partial charge in [0.25, 0.3) is 5.91 Å². The van der Waals surface area contributed by atoms with Crippen LogP contribution in [0.15, 0.2) is 36.4 Å². The molecule has 40 heavy (non-hydrogen) atoms. The molecular formula is C30H34FN5O4. The van der Waals surface area contributed by atoms with Crippen LogP contribution in [0.25, 0.3) is 10.8 Å². The van der Waals surface area contributed by atoms with Crippen LogP contribution in [-0.2, 0) is 17.9 Å². The first kappa shape index (κ1) is 25.6. The number of carbonyl (C=O) groups excluding carboxylic acids is 1. The summed E-state index contributed by atoms with van der Waals surface area (Å²) < 4.78 is 26.3. The van der Waals surface area contributed by atoms with Gasteiger partial charge in [0.05, 0.1) is 36.7 Å². The fraction of sp³-hybridized carbons (Fsp3) is 0.500. The zero-order chi connectivity index (χ0) is 27.3. The monoisotopic (exact) mass is 547 g/mol. The maximum Gasteiger partial charge on any atom is 0.318 e. The molecular weight excluding hydrogens is 513 g/mol. The summed E-state index contributed by atoms with van der Waals surface area (Å²) in [6.45, 7) is 4.23. The Hall–Kier alpha value is -3.34. The minimum atomic E-state index is -0.843. The molecule has 3 aromatic rings. The fourth-order valence-corrected chi connectivity index (χ4v) is 6.99. The second-order valence-corrected chi connectivity index (χ2v) is 11.3. The lowest BCUT2D eigenvalue weighted by molar-refractivity contribution is 0.0995. The number of aromatic nitrogens is 2. The van der Waals surface area contributed by atoms with Gasteiger partial charge in [0.2, 0.25) is 0 Å². The van der Waals surface area contributed by atoms with Crippen LogP contribution in [0.1, 0.15) is 47.3 Å². The van der Waals surface area contributed by atoms with Crippen molar-refractivity contribution in [3.05, 3.63) is 53.2 Å². The van der Waals surface area contributed by atoms with E-state index in [-0.39, 0.29) is 30.6 Å². The van der Waals surface area contributed by atoms with Crippen LogP contribution in [0.5, 0.6) is 6.01 Å². The van der Waals surface area contributed by atoms with E-state index in [1.807, 2.05) is 36.4 Å². The van der Waals surface area contributed by atoms with Gasteiger partial charge in [-0.3, -0.25) is 9.69 Å². The number of ether oxygens (including phenoxy) is 2. The average molecular weight is 548 g/mol. The number of carbonyl (C=O) groups is 1. The number of amides is 1. The summed E-state index contributed by atoms with van der Waals surface area (Å²) in [5.74, 6) is 0.365. The zero-order valence-corrected chi connectivity index (χ0v) is 22.5. The molecule has 3 fully saturated rings. The van der Waals surface area contributed by atoms with Gasteiger partial charge in [-0.15, -0.1) is 0 Å². The molecule has 2 atom stereocenters. The number of benzene rings is 2. The first-order valence-corrected chi connectivity index (χ1v) is 14.3. The molecule has 1 amide bonds. The highest BCUT2D eigenvalue weighted by Crippen LogP contribution is 2.42. The summed E-state index contributed by atoms with van der Waals surface area (Å²) in [6.07, 6.45) is 2.37. The van der Waals surface area contributed by atoms with E-state index in [1.54, 1.807) is 4.90 Å². The maximum atomic E-state index is 14.4. The third kappa shape index (κ3) is 4.29. The van der Waals surface area contributed by atoms with Crippen molar-refractivity contribution >= 4 is 28.2 Å². The number of aliphatic hydroxyl groups excluding tert-OH is 1. The fourth-order valence-electron chi connectivity index (χ4n) is 6.99. The lowest BCUT2D eigenvalue weighted by Crippen LogP contribution is -2.43. The lowest BCUT2D eigenvalue weighted by atomic mass is 9.95. The third-order valence-corrected chi connectivity index (χ3v) is 8.89. The number of halogens is 1. The standard InChI is InChI=1S/C30H34FN5O4/c31-22-15-30(9-3-11-35(30)16-22)19-40-29-32-24-17-36(26-21(18-37)8-7-20-5-1-2-6-23(20)26)28(38)25(24)27(33-29)34-10-4-13-39-14-12-34/h1-2,5-8,22,37H,3-4,9-19H2/t22-,30+/m1/s1. The molecule has 0 radical (unpaired) electrons. The van der Waals surface area contributed by atoms with Crippen molar-refractivity contribution in [2.45, 2.75) is 50.5 Å². The van der Waals surface area contributed by atoms with Crippen molar-refractivity contribution in [3.8, 4) is 6.01 Å². The molecule has 0 spiro atoms. The molecule has 2 aromatic carbocycles. The minimum absolute atomic E-state index is 0.190. The number of alkyl halides is 1. The molecule has 0 saturated carbocycles. The Morgan fingerprint density at radius 3 is 2.90 bits per heavy atom. The zero-order valence-electron chi connectivity index (χ0n) is 22.5. The highest BCUT2D eigenvalue weighted by molar-refractivity contribution is 6.16. The van der Waals surface area contributed by atoms with Crippen molar-refractivity contribution in [2.75, 3.05) is 55.8 Å². The third-order valence-electron chi connectivity index (χ3n) is 8.89. The van der Waals surface area contributed by atoms with Crippen LogP contribution in [0.2, 0.25) is 0 Å². The molecule has 3 saturated heterocycles. The largest absolute Gasteiger partial charge is 0.461 e. The van der Waals surface area contributed by atoms with Gasteiger partial charge >= 0.3 is 6.01 Å². The van der Waals surface area contributed by atoms with Crippen molar-refractivity contribution < 1.29 is 23.8 Å². The number of hydrogen-bond donors (Lipinski definition) is 1. The minimum Gasteiger partial charge on any atom is -0.461 e. The van der Waals surface area contributed by atoms with Crippen LogP contribution in [0.3, 0.4) is 0 Å². The molecule has 1 aromatic heterocycles. The van der Waals surface area contributed by atoms with E-state index in [1.165, 1.54) is 0 Å². The van der Waals surface area contributed by atoms with Gasteiger partial charge in [-0.1, -0.05) is 36.4 Å². The molecule has 0 bridgehead atoms. The topological polar surface area (TPSA) is 91.3 Å². The predicted octanol–water partition coefficient (Wildman–Crippen LogP) is 3.46. The molecule has 9 nitrogen and oxygen atoms in total. The molecule has 0 unspecified atom stereocenters. The molecule has 7 rings (SSSR count). The van der Waals surface area contributed by atoms with Gasteiger partial charge in [0, 0.05) is 43.6 Å². The second-order valence-electron chi connectivity index (χ2n) is 11.3. The Bertz CT molecular complexity index is 1450. The first-order valence-electron chi connectivity index (χ1n) is 14.3. The Morgan fingerprint density at radius 1 is 1.10 bits per heavy atom. The number of aliphatic hydroxyl groups is 1. The maximum absolute atomic E-state index is 14.4. The summed E-state index contributed by atoms with van der Waals surface area (Å²) in [5, 5.41) is 12.1. The van der Waals surface area contributed by atoms with Crippen LogP contribution in [0.4, 0.5) is 15.9 Å². The molecule has 210 valence electrons. The van der Waals surface area contributed by atoms with Gasteiger partial charge in [-0.05, 0) is 31.2 Å². The Kier molecular flexibility index (Phi) is 6.56.